The molecule has 6 nitrogen and oxygen atoms in total. The zero-order chi connectivity index (χ0) is 20.7. The number of unbranched alkanes of at least 4 members (excludes halogenated alkanes) is 10. The Morgan fingerprint density at radius 3 is 1.61 bits per heavy atom. The van der Waals surface area contributed by atoms with Crippen LogP contribution in [0.2, 0.25) is 0 Å². The van der Waals surface area contributed by atoms with Crippen molar-refractivity contribution >= 4 is 7.82 Å². The van der Waals surface area contributed by atoms with E-state index in [1.807, 2.05) is 12.4 Å². The van der Waals surface area contributed by atoms with Gasteiger partial charge in [0, 0.05) is 39.7 Å². The third-order valence-corrected chi connectivity index (χ3v) is 6.57. The fourth-order valence-corrected chi connectivity index (χ4v) is 4.19. The van der Waals surface area contributed by atoms with Crippen molar-refractivity contribution < 1.29 is 18.1 Å². The maximum Gasteiger partial charge on any atom is 0.477 e. The minimum atomic E-state index is -3.53. The Kier molecular flexibility index (Phi) is 13.9. The highest BCUT2D eigenvalue weighted by molar-refractivity contribution is 7.48. The lowest BCUT2D eigenvalue weighted by atomic mass is 10.1. The number of phosphoric acid groups is 1. The molecule has 0 spiro atoms. The van der Waals surface area contributed by atoms with Crippen molar-refractivity contribution in [3.63, 3.8) is 0 Å². The van der Waals surface area contributed by atoms with Gasteiger partial charge in [0.2, 0.25) is 6.35 Å². The number of hydrogen-bond donors (Lipinski definition) is 0. The summed E-state index contributed by atoms with van der Waals surface area (Å²) < 4.78 is 28.2. The number of rotatable bonds is 18. The normalized spacial score (nSPS) is 17.1. The van der Waals surface area contributed by atoms with Gasteiger partial charge in [0.25, 0.3) is 0 Å². The average molecular weight is 419 g/mol. The van der Waals surface area contributed by atoms with E-state index in [4.69, 9.17) is 13.6 Å². The van der Waals surface area contributed by atoms with Crippen LogP contribution in [0.15, 0.2) is 12.4 Å². The van der Waals surface area contributed by atoms with Gasteiger partial charge in [-0.2, -0.15) is 0 Å². The lowest BCUT2D eigenvalue weighted by Gasteiger charge is -2.33. The molecule has 0 bridgehead atoms. The first kappa shape index (κ1) is 25.5. The van der Waals surface area contributed by atoms with Gasteiger partial charge in [-0.15, -0.1) is 0 Å². The third kappa shape index (κ3) is 9.78. The third-order valence-electron chi connectivity index (χ3n) is 5.23. The number of hydrogen-bond acceptors (Lipinski definition) is 6. The van der Waals surface area contributed by atoms with Crippen LogP contribution >= 0.6 is 7.82 Å². The van der Waals surface area contributed by atoms with Crippen molar-refractivity contribution in [2.24, 2.45) is 0 Å². The van der Waals surface area contributed by atoms with Crippen LogP contribution < -0.4 is 0 Å². The first-order valence-corrected chi connectivity index (χ1v) is 12.7. The Morgan fingerprint density at radius 1 is 0.714 bits per heavy atom. The molecule has 0 saturated carbocycles. The van der Waals surface area contributed by atoms with Crippen LogP contribution in [-0.2, 0) is 18.1 Å². The van der Waals surface area contributed by atoms with Crippen LogP contribution in [0.25, 0.3) is 0 Å². The molecule has 0 N–H and O–H groups in total. The largest absolute Gasteiger partial charge is 0.477 e. The van der Waals surface area contributed by atoms with E-state index in [1.165, 1.54) is 72.0 Å². The summed E-state index contributed by atoms with van der Waals surface area (Å²) in [5.74, 6) is 0. The monoisotopic (exact) mass is 418 g/mol. The van der Waals surface area contributed by atoms with E-state index in [1.54, 1.807) is 0 Å². The summed E-state index contributed by atoms with van der Waals surface area (Å²) in [4.78, 5) is 4.18. The van der Waals surface area contributed by atoms with Crippen molar-refractivity contribution in [1.29, 1.82) is 0 Å². The molecule has 1 unspecified atom stereocenters. The molecule has 0 fully saturated rings. The zero-order valence-electron chi connectivity index (χ0n) is 18.6. The molecule has 0 aromatic carbocycles. The van der Waals surface area contributed by atoms with Crippen molar-refractivity contribution in [3.05, 3.63) is 12.4 Å². The number of phosphoric ester groups is 1. The molecule has 166 valence electrons. The molecular weight excluding hydrogens is 375 g/mol. The van der Waals surface area contributed by atoms with Gasteiger partial charge in [-0.3, -0.25) is 9.05 Å². The van der Waals surface area contributed by atoms with Crippen molar-refractivity contribution in [2.75, 3.05) is 27.3 Å². The highest BCUT2D eigenvalue weighted by Crippen LogP contribution is 2.50. The topological polar surface area (TPSA) is 51.2 Å². The zero-order valence-corrected chi connectivity index (χ0v) is 19.5. The number of nitrogens with zero attached hydrogens (tertiary/aromatic N) is 2. The molecule has 0 aliphatic carbocycles. The SMILES string of the molecule is CCCCCCCCCCCCN1C=CN(CCCC)C1OP(=O)(OC)OC. The maximum absolute atomic E-state index is 12.5. The van der Waals surface area contributed by atoms with Gasteiger partial charge in [-0.1, -0.05) is 78.1 Å². The molecule has 1 heterocycles. The van der Waals surface area contributed by atoms with E-state index in [0.29, 0.717) is 0 Å². The standard InChI is InChI=1S/C21H43N2O4P/c1-5-7-9-10-11-12-13-14-15-16-18-23-20-19-22(17-8-6-2)21(23)27-28(24,25-3)26-4/h19-21H,5-18H2,1-4H3. The van der Waals surface area contributed by atoms with Gasteiger partial charge in [0.05, 0.1) is 0 Å². The molecule has 7 heteroatoms. The molecule has 28 heavy (non-hydrogen) atoms. The van der Waals surface area contributed by atoms with E-state index in [0.717, 1.165) is 32.4 Å². The van der Waals surface area contributed by atoms with Crippen LogP contribution in [0, 0.1) is 0 Å². The van der Waals surface area contributed by atoms with Gasteiger partial charge in [0.15, 0.2) is 0 Å². The van der Waals surface area contributed by atoms with E-state index >= 15 is 0 Å². The molecular formula is C21H43N2O4P. The summed E-state index contributed by atoms with van der Waals surface area (Å²) in [7, 11) is -0.813. The fraction of sp³-hybridized carbons (Fsp3) is 0.905. The molecule has 0 aromatic rings. The highest BCUT2D eigenvalue weighted by atomic mass is 31.2. The van der Waals surface area contributed by atoms with Crippen LogP contribution in [0.4, 0.5) is 0 Å². The first-order valence-electron chi connectivity index (χ1n) is 11.2. The lowest BCUT2D eigenvalue weighted by molar-refractivity contribution is -0.0501. The summed E-state index contributed by atoms with van der Waals surface area (Å²) in [5, 5.41) is 0. The van der Waals surface area contributed by atoms with Gasteiger partial charge < -0.3 is 9.80 Å². The van der Waals surface area contributed by atoms with Crippen LogP contribution in [-0.4, -0.2) is 43.5 Å². The molecule has 1 rings (SSSR count). The van der Waals surface area contributed by atoms with Gasteiger partial charge in [0.1, 0.15) is 0 Å². The second-order valence-electron chi connectivity index (χ2n) is 7.55. The Hall–Kier alpha value is -0.550. The van der Waals surface area contributed by atoms with E-state index in [2.05, 4.69) is 23.6 Å². The Morgan fingerprint density at radius 2 is 1.14 bits per heavy atom. The molecule has 0 amide bonds. The molecule has 0 radical (unpaired) electrons. The van der Waals surface area contributed by atoms with E-state index < -0.39 is 14.2 Å². The molecule has 1 aliphatic rings. The fourth-order valence-electron chi connectivity index (χ4n) is 3.40. The van der Waals surface area contributed by atoms with Crippen LogP contribution in [0.1, 0.15) is 90.9 Å². The summed E-state index contributed by atoms with van der Waals surface area (Å²) in [6.07, 6.45) is 18.9. The van der Waals surface area contributed by atoms with Crippen LogP contribution in [0.3, 0.4) is 0 Å². The lowest BCUT2D eigenvalue weighted by Crippen LogP contribution is -2.41. The second-order valence-corrected chi connectivity index (χ2v) is 9.39. The van der Waals surface area contributed by atoms with Crippen molar-refractivity contribution in [1.82, 2.24) is 9.80 Å². The van der Waals surface area contributed by atoms with Crippen molar-refractivity contribution in [3.8, 4) is 0 Å². The summed E-state index contributed by atoms with van der Waals surface area (Å²) >= 11 is 0. The Balaban J connectivity index is 2.33. The van der Waals surface area contributed by atoms with E-state index in [9.17, 15) is 4.57 Å². The maximum atomic E-state index is 12.5. The molecule has 1 aliphatic heterocycles. The predicted octanol–water partition coefficient (Wildman–Crippen LogP) is 6.50. The predicted molar refractivity (Wildman–Crippen MR) is 116 cm³/mol. The van der Waals surface area contributed by atoms with Crippen LogP contribution in [0.5, 0.6) is 0 Å². The molecule has 1 atom stereocenters. The van der Waals surface area contributed by atoms with Gasteiger partial charge in [-0.25, -0.2) is 9.09 Å². The quantitative estimate of drug-likeness (QED) is 0.187. The van der Waals surface area contributed by atoms with Gasteiger partial charge in [-0.05, 0) is 12.8 Å². The van der Waals surface area contributed by atoms with Gasteiger partial charge >= 0.3 is 7.82 Å². The van der Waals surface area contributed by atoms with Crippen molar-refractivity contribution in [2.45, 2.75) is 97.2 Å². The summed E-state index contributed by atoms with van der Waals surface area (Å²) in [6.45, 7) is 6.16. The smallest absolute Gasteiger partial charge is 0.334 e. The summed E-state index contributed by atoms with van der Waals surface area (Å²) in [5.41, 5.74) is 0. The minimum Gasteiger partial charge on any atom is -0.334 e. The molecule has 0 saturated heterocycles. The Labute approximate surface area is 173 Å². The second kappa shape index (κ2) is 15.3. The summed E-state index contributed by atoms with van der Waals surface area (Å²) in [6, 6.07) is 0. The average Bonchev–Trinajstić information content (AvgIpc) is 3.08. The van der Waals surface area contributed by atoms with E-state index in [-0.39, 0.29) is 0 Å². The molecule has 0 aromatic heterocycles. The Bertz CT molecular complexity index is 454. The highest BCUT2D eigenvalue weighted by Gasteiger charge is 2.35. The minimum absolute atomic E-state index is 0.421. The first-order chi connectivity index (χ1) is 13.6.